The Kier molecular flexibility index (Phi) is 7.93. The molecule has 4 rings (SSSR count). The Hall–Kier alpha value is -3.93. The van der Waals surface area contributed by atoms with E-state index in [-0.39, 0.29) is 6.04 Å². The Morgan fingerprint density at radius 1 is 1.11 bits per heavy atom. The topological polar surface area (TPSA) is 93.8 Å². The number of carbonyl (C=O) groups is 2. The number of ketones is 1. The highest BCUT2D eigenvalue weighted by Crippen LogP contribution is 2.31. The number of allylic oxidation sites excluding steroid dienone is 1. The van der Waals surface area contributed by atoms with Crippen LogP contribution in [0.15, 0.2) is 71.4 Å². The van der Waals surface area contributed by atoms with Gasteiger partial charge in [0, 0.05) is 48.7 Å². The van der Waals surface area contributed by atoms with E-state index in [9.17, 15) is 9.59 Å². The van der Waals surface area contributed by atoms with Crippen LogP contribution in [0.1, 0.15) is 47.2 Å². The number of methoxy groups -OCH3 is 1. The molecule has 1 aliphatic rings. The lowest BCUT2D eigenvalue weighted by atomic mass is 9.94. The van der Waals surface area contributed by atoms with Crippen molar-refractivity contribution in [3.63, 3.8) is 0 Å². The fourth-order valence-electron chi connectivity index (χ4n) is 4.48. The van der Waals surface area contributed by atoms with Gasteiger partial charge in [-0.05, 0) is 59.3 Å². The van der Waals surface area contributed by atoms with Crippen molar-refractivity contribution in [2.24, 2.45) is 10.7 Å². The molecule has 0 saturated heterocycles. The smallest absolute Gasteiger partial charge is 0.150 e. The molecule has 1 aliphatic carbocycles. The summed E-state index contributed by atoms with van der Waals surface area (Å²) in [6.07, 6.45) is 7.73. The second kappa shape index (κ2) is 11.5. The Morgan fingerprint density at radius 3 is 2.57 bits per heavy atom. The van der Waals surface area contributed by atoms with Gasteiger partial charge in [-0.25, -0.2) is 0 Å². The molecular formula is C29H31N3O3. The van der Waals surface area contributed by atoms with E-state index in [2.05, 4.69) is 16.4 Å². The lowest BCUT2D eigenvalue weighted by Crippen LogP contribution is -2.17. The molecule has 0 bridgehead atoms. The third kappa shape index (κ3) is 5.96. The molecule has 0 aromatic heterocycles. The average Bonchev–Trinajstić information content (AvgIpc) is 2.91. The maximum Gasteiger partial charge on any atom is 0.150 e. The van der Waals surface area contributed by atoms with Gasteiger partial charge in [-0.15, -0.1) is 0 Å². The first-order valence-corrected chi connectivity index (χ1v) is 11.9. The molecule has 0 radical (unpaired) electrons. The first-order chi connectivity index (χ1) is 17.1. The maximum absolute atomic E-state index is 11.9. The maximum atomic E-state index is 11.9. The number of benzene rings is 3. The third-order valence-electron chi connectivity index (χ3n) is 6.50. The Labute approximate surface area is 205 Å². The highest BCUT2D eigenvalue weighted by Gasteiger charge is 2.17. The van der Waals surface area contributed by atoms with Crippen LogP contribution < -0.4 is 15.8 Å². The van der Waals surface area contributed by atoms with Gasteiger partial charge in [0.15, 0.2) is 6.29 Å². The number of carbonyl (C=O) groups excluding carboxylic acids is 2. The fraction of sp³-hybridized carbons (Fsp3) is 0.276. The van der Waals surface area contributed by atoms with E-state index in [1.54, 1.807) is 13.3 Å². The summed E-state index contributed by atoms with van der Waals surface area (Å²) in [5.41, 5.74) is 10.6. The molecule has 35 heavy (non-hydrogen) atoms. The number of hydrogen-bond donors (Lipinski definition) is 2. The quantitative estimate of drug-likeness (QED) is 0.330. The number of Topliss-reactive ketones (excluding diaryl/α,β-unsaturated/α-hetero) is 1. The number of ether oxygens (including phenoxy) is 1. The number of nitrogens with one attached hydrogen (secondary N) is 1. The van der Waals surface area contributed by atoms with Gasteiger partial charge in [0.25, 0.3) is 0 Å². The highest BCUT2D eigenvalue weighted by molar-refractivity contribution is 6.06. The first-order valence-electron chi connectivity index (χ1n) is 11.9. The summed E-state index contributed by atoms with van der Waals surface area (Å²) in [6, 6.07) is 17.9. The normalized spacial score (nSPS) is 15.0. The molecule has 3 N–H and O–H groups in total. The number of fused-ring (bicyclic) bond motifs is 1. The summed E-state index contributed by atoms with van der Waals surface area (Å²) in [5, 5.41) is 5.39. The van der Waals surface area contributed by atoms with Crippen LogP contribution in [0.2, 0.25) is 0 Å². The van der Waals surface area contributed by atoms with Crippen LogP contribution in [-0.2, 0) is 17.8 Å². The van der Waals surface area contributed by atoms with Crippen molar-refractivity contribution in [3.05, 3.63) is 83.1 Å². The van der Waals surface area contributed by atoms with Crippen LogP contribution in [0.3, 0.4) is 0 Å². The monoisotopic (exact) mass is 469 g/mol. The van der Waals surface area contributed by atoms with Crippen molar-refractivity contribution >= 4 is 34.7 Å². The summed E-state index contributed by atoms with van der Waals surface area (Å²) in [4.78, 5) is 28.1. The van der Waals surface area contributed by atoms with Crippen LogP contribution in [0, 0.1) is 0 Å². The minimum atomic E-state index is 0.172. The van der Waals surface area contributed by atoms with E-state index in [4.69, 9.17) is 10.5 Å². The summed E-state index contributed by atoms with van der Waals surface area (Å²) in [5.74, 6) is 1.14. The lowest BCUT2D eigenvalue weighted by Gasteiger charge is -2.17. The SMILES string of the molecule is COc1ccc(CNc2ccc(C/C(C=NC3CCC(=O)CC3)=C/N)c3cccc(C=O)c23)cc1. The van der Waals surface area contributed by atoms with Crippen LogP contribution in [0.4, 0.5) is 5.69 Å². The van der Waals surface area contributed by atoms with Gasteiger partial charge in [-0.1, -0.05) is 36.4 Å². The summed E-state index contributed by atoms with van der Waals surface area (Å²) in [7, 11) is 1.65. The third-order valence-corrected chi connectivity index (χ3v) is 6.50. The molecule has 0 unspecified atom stereocenters. The fourth-order valence-corrected chi connectivity index (χ4v) is 4.48. The Bertz CT molecular complexity index is 1250. The minimum Gasteiger partial charge on any atom is -0.497 e. The van der Waals surface area contributed by atoms with Crippen molar-refractivity contribution < 1.29 is 14.3 Å². The van der Waals surface area contributed by atoms with Crippen LogP contribution in [0.25, 0.3) is 10.8 Å². The molecule has 6 heteroatoms. The molecule has 3 aromatic rings. The molecule has 6 nitrogen and oxygen atoms in total. The summed E-state index contributed by atoms with van der Waals surface area (Å²) < 4.78 is 5.23. The van der Waals surface area contributed by atoms with E-state index in [0.717, 1.165) is 58.0 Å². The predicted octanol–water partition coefficient (Wildman–Crippen LogP) is 5.24. The molecule has 0 atom stereocenters. The Morgan fingerprint density at radius 2 is 1.89 bits per heavy atom. The van der Waals surface area contributed by atoms with Gasteiger partial charge >= 0.3 is 0 Å². The average molecular weight is 470 g/mol. The van der Waals surface area contributed by atoms with E-state index < -0.39 is 0 Å². The molecule has 0 amide bonds. The molecule has 1 fully saturated rings. The second-order valence-corrected chi connectivity index (χ2v) is 8.83. The van der Waals surface area contributed by atoms with Crippen molar-refractivity contribution in [1.29, 1.82) is 0 Å². The number of nitrogens with zero attached hydrogens (tertiary/aromatic N) is 1. The zero-order chi connectivity index (χ0) is 24.6. The van der Waals surface area contributed by atoms with E-state index in [1.807, 2.05) is 54.7 Å². The van der Waals surface area contributed by atoms with Gasteiger partial charge < -0.3 is 15.8 Å². The second-order valence-electron chi connectivity index (χ2n) is 8.83. The van der Waals surface area contributed by atoms with Gasteiger partial charge in [0.05, 0.1) is 13.2 Å². The van der Waals surface area contributed by atoms with Gasteiger partial charge in [0.1, 0.15) is 11.5 Å². The van der Waals surface area contributed by atoms with Crippen molar-refractivity contribution in [2.75, 3.05) is 12.4 Å². The molecule has 0 heterocycles. The first kappa shape index (κ1) is 24.2. The zero-order valence-corrected chi connectivity index (χ0v) is 20.0. The van der Waals surface area contributed by atoms with Crippen molar-refractivity contribution in [2.45, 2.75) is 44.7 Å². The van der Waals surface area contributed by atoms with Gasteiger partial charge in [0.2, 0.25) is 0 Å². The van der Waals surface area contributed by atoms with Gasteiger partial charge in [-0.2, -0.15) is 0 Å². The molecule has 3 aromatic carbocycles. The van der Waals surface area contributed by atoms with E-state index >= 15 is 0 Å². The number of aliphatic imine (C=N–C) groups is 1. The molecule has 1 saturated carbocycles. The van der Waals surface area contributed by atoms with Crippen LogP contribution in [0.5, 0.6) is 5.75 Å². The lowest BCUT2D eigenvalue weighted by molar-refractivity contribution is -0.120. The van der Waals surface area contributed by atoms with Crippen LogP contribution >= 0.6 is 0 Å². The van der Waals surface area contributed by atoms with Crippen molar-refractivity contribution in [1.82, 2.24) is 0 Å². The summed E-state index contributed by atoms with van der Waals surface area (Å²) in [6.45, 7) is 0.621. The van der Waals surface area contributed by atoms with Crippen LogP contribution in [-0.4, -0.2) is 31.4 Å². The summed E-state index contributed by atoms with van der Waals surface area (Å²) >= 11 is 0. The molecule has 0 aliphatic heterocycles. The standard InChI is InChI=1S/C29H31N3O3/c1-35-26-12-5-20(6-13-26)17-32-28-14-7-22(27-4-2-3-23(19-33)29(27)28)15-21(16-30)18-31-24-8-10-25(34)11-9-24/h2-7,12-14,16,18-19,24,32H,8-11,15,17,30H2,1H3/b21-16-,31-18?. The number of aldehydes is 1. The van der Waals surface area contributed by atoms with E-state index in [1.165, 1.54) is 0 Å². The Balaban J connectivity index is 1.57. The zero-order valence-electron chi connectivity index (χ0n) is 20.0. The molecular weight excluding hydrogens is 438 g/mol. The molecule has 180 valence electrons. The number of rotatable bonds is 9. The molecule has 0 spiro atoms. The number of anilines is 1. The predicted molar refractivity (Wildman–Crippen MR) is 141 cm³/mol. The van der Waals surface area contributed by atoms with E-state index in [0.29, 0.717) is 37.2 Å². The largest absolute Gasteiger partial charge is 0.497 e. The highest BCUT2D eigenvalue weighted by atomic mass is 16.5. The minimum absolute atomic E-state index is 0.172. The van der Waals surface area contributed by atoms with Gasteiger partial charge in [-0.3, -0.25) is 14.6 Å². The number of nitrogens with two attached hydrogens (primary N) is 1. The van der Waals surface area contributed by atoms with Crippen molar-refractivity contribution in [3.8, 4) is 5.75 Å². The number of hydrogen-bond acceptors (Lipinski definition) is 6.